The van der Waals surface area contributed by atoms with Gasteiger partial charge in [-0.3, -0.25) is 0 Å². The monoisotopic (exact) mass is 404 g/mol. The summed E-state index contributed by atoms with van der Waals surface area (Å²) in [5, 5.41) is 3.97. The highest BCUT2D eigenvalue weighted by Crippen LogP contribution is 2.26. The minimum atomic E-state index is -0.466. The van der Waals surface area contributed by atoms with Crippen LogP contribution in [0.4, 0.5) is 5.13 Å². The number of carbonyl (C=O) groups excluding carboxylic acids is 1. The molecule has 0 radical (unpaired) electrons. The second kappa shape index (κ2) is 7.77. The standard InChI is InChI=1S/C18H17BrN2O2S/c1-2-23-17(22)15(11-12-7-9-13(19)10-8-12)21-18-20-14-5-3-4-6-16(14)24-18/h3-10,15H,2,11H2,1H3,(H,20,21)/t15-/m1/s1. The molecule has 3 aromatic rings. The van der Waals surface area contributed by atoms with Gasteiger partial charge < -0.3 is 10.1 Å². The molecule has 0 fully saturated rings. The Bertz CT molecular complexity index is 799. The fourth-order valence-corrected chi connectivity index (χ4v) is 3.56. The highest BCUT2D eigenvalue weighted by atomic mass is 79.9. The molecular formula is C18H17BrN2O2S. The summed E-state index contributed by atoms with van der Waals surface area (Å²) < 4.78 is 7.31. The van der Waals surface area contributed by atoms with E-state index in [4.69, 9.17) is 4.74 Å². The van der Waals surface area contributed by atoms with Gasteiger partial charge in [-0.25, -0.2) is 9.78 Å². The van der Waals surface area contributed by atoms with Crippen molar-refractivity contribution in [2.45, 2.75) is 19.4 Å². The Morgan fingerprint density at radius 1 is 1.25 bits per heavy atom. The number of esters is 1. The van der Waals surface area contributed by atoms with Crippen LogP contribution in [0.2, 0.25) is 0 Å². The Labute approximate surface area is 153 Å². The number of benzene rings is 2. The van der Waals surface area contributed by atoms with Crippen LogP contribution in [0.5, 0.6) is 0 Å². The fraction of sp³-hybridized carbons (Fsp3) is 0.222. The maximum atomic E-state index is 12.3. The molecule has 2 aromatic carbocycles. The van der Waals surface area contributed by atoms with Gasteiger partial charge in [0.1, 0.15) is 6.04 Å². The van der Waals surface area contributed by atoms with Crippen molar-refractivity contribution >= 4 is 48.6 Å². The number of thiazole rings is 1. The lowest BCUT2D eigenvalue weighted by Gasteiger charge is -2.16. The molecule has 0 aliphatic carbocycles. The van der Waals surface area contributed by atoms with Gasteiger partial charge in [0.05, 0.1) is 16.8 Å². The number of nitrogens with one attached hydrogen (secondary N) is 1. The number of halogens is 1. The third-order valence-corrected chi connectivity index (χ3v) is 5.01. The van der Waals surface area contributed by atoms with Crippen LogP contribution in [0.1, 0.15) is 12.5 Å². The molecule has 0 amide bonds. The van der Waals surface area contributed by atoms with Gasteiger partial charge in [-0.1, -0.05) is 51.5 Å². The van der Waals surface area contributed by atoms with Gasteiger partial charge in [0.15, 0.2) is 5.13 Å². The van der Waals surface area contributed by atoms with E-state index in [0.29, 0.717) is 13.0 Å². The van der Waals surface area contributed by atoms with Crippen molar-refractivity contribution in [3.05, 3.63) is 58.6 Å². The summed E-state index contributed by atoms with van der Waals surface area (Å²) >= 11 is 4.96. The first-order chi connectivity index (χ1) is 11.7. The number of carbonyl (C=O) groups is 1. The van der Waals surface area contributed by atoms with Gasteiger partial charge in [-0.2, -0.15) is 0 Å². The van der Waals surface area contributed by atoms with Gasteiger partial charge in [0.2, 0.25) is 0 Å². The van der Waals surface area contributed by atoms with E-state index < -0.39 is 6.04 Å². The molecule has 0 bridgehead atoms. The predicted octanol–water partition coefficient (Wildman–Crippen LogP) is 4.65. The van der Waals surface area contributed by atoms with Crippen molar-refractivity contribution < 1.29 is 9.53 Å². The first kappa shape index (κ1) is 16.9. The summed E-state index contributed by atoms with van der Waals surface area (Å²) in [5.41, 5.74) is 1.99. The number of hydrogen-bond acceptors (Lipinski definition) is 5. The molecule has 0 aliphatic rings. The summed E-state index contributed by atoms with van der Waals surface area (Å²) in [6, 6.07) is 15.4. The fourth-order valence-electron chi connectivity index (χ4n) is 2.38. The van der Waals surface area contributed by atoms with E-state index in [-0.39, 0.29) is 5.97 Å². The zero-order valence-corrected chi connectivity index (χ0v) is 15.6. The Kier molecular flexibility index (Phi) is 5.48. The number of ether oxygens (including phenoxy) is 1. The van der Waals surface area contributed by atoms with Gasteiger partial charge in [-0.05, 0) is 36.8 Å². The van der Waals surface area contributed by atoms with Crippen molar-refractivity contribution in [1.82, 2.24) is 4.98 Å². The van der Waals surface area contributed by atoms with E-state index >= 15 is 0 Å². The average molecular weight is 405 g/mol. The van der Waals surface area contributed by atoms with Crippen LogP contribution in [0.15, 0.2) is 53.0 Å². The van der Waals surface area contributed by atoms with E-state index in [1.165, 1.54) is 11.3 Å². The van der Waals surface area contributed by atoms with Crippen molar-refractivity contribution in [3.8, 4) is 0 Å². The number of para-hydroxylation sites is 1. The van der Waals surface area contributed by atoms with Gasteiger partial charge in [-0.15, -0.1) is 0 Å². The Hall–Kier alpha value is -1.92. The molecule has 0 saturated heterocycles. The Morgan fingerprint density at radius 3 is 2.71 bits per heavy atom. The van der Waals surface area contributed by atoms with Gasteiger partial charge in [0, 0.05) is 10.9 Å². The summed E-state index contributed by atoms with van der Waals surface area (Å²) in [6.07, 6.45) is 0.544. The van der Waals surface area contributed by atoms with E-state index in [2.05, 4.69) is 26.2 Å². The lowest BCUT2D eigenvalue weighted by atomic mass is 10.1. The second-order valence-corrected chi connectivity index (χ2v) is 7.21. The first-order valence-corrected chi connectivity index (χ1v) is 9.30. The third-order valence-electron chi connectivity index (χ3n) is 3.52. The predicted molar refractivity (Wildman–Crippen MR) is 102 cm³/mol. The maximum Gasteiger partial charge on any atom is 0.328 e. The normalized spacial score (nSPS) is 12.1. The van der Waals surface area contributed by atoms with Crippen LogP contribution >= 0.6 is 27.3 Å². The molecule has 6 heteroatoms. The molecular weight excluding hydrogens is 388 g/mol. The van der Waals surface area contributed by atoms with Crippen molar-refractivity contribution in [2.24, 2.45) is 0 Å². The zero-order chi connectivity index (χ0) is 16.9. The van der Waals surface area contributed by atoms with Crippen LogP contribution in [0, 0.1) is 0 Å². The minimum Gasteiger partial charge on any atom is -0.464 e. The van der Waals surface area contributed by atoms with Crippen LogP contribution in [-0.2, 0) is 16.0 Å². The van der Waals surface area contributed by atoms with Gasteiger partial charge in [0.25, 0.3) is 0 Å². The SMILES string of the molecule is CCOC(=O)[C@@H](Cc1ccc(Br)cc1)Nc1nc2ccccc2s1. The first-order valence-electron chi connectivity index (χ1n) is 7.69. The summed E-state index contributed by atoms with van der Waals surface area (Å²) in [4.78, 5) is 16.9. The number of fused-ring (bicyclic) bond motifs is 1. The number of anilines is 1. The van der Waals surface area contributed by atoms with E-state index in [9.17, 15) is 4.79 Å². The second-order valence-electron chi connectivity index (χ2n) is 5.27. The number of aromatic nitrogens is 1. The molecule has 0 spiro atoms. The molecule has 4 nitrogen and oxygen atoms in total. The van der Waals surface area contributed by atoms with Crippen LogP contribution in [-0.4, -0.2) is 23.6 Å². The van der Waals surface area contributed by atoms with E-state index in [1.54, 1.807) is 0 Å². The van der Waals surface area contributed by atoms with Crippen LogP contribution < -0.4 is 5.32 Å². The molecule has 0 saturated carbocycles. The lowest BCUT2D eigenvalue weighted by Crippen LogP contribution is -2.33. The molecule has 1 heterocycles. The summed E-state index contributed by atoms with van der Waals surface area (Å²) in [5.74, 6) is -0.264. The highest BCUT2D eigenvalue weighted by Gasteiger charge is 2.21. The van der Waals surface area contributed by atoms with Crippen molar-refractivity contribution in [2.75, 3.05) is 11.9 Å². The molecule has 24 heavy (non-hydrogen) atoms. The number of rotatable bonds is 6. The van der Waals surface area contributed by atoms with E-state index in [1.807, 2.05) is 55.5 Å². The molecule has 3 rings (SSSR count). The van der Waals surface area contributed by atoms with Crippen LogP contribution in [0.3, 0.4) is 0 Å². The topological polar surface area (TPSA) is 51.2 Å². The quantitative estimate of drug-likeness (QED) is 0.607. The third kappa shape index (κ3) is 4.13. The zero-order valence-electron chi connectivity index (χ0n) is 13.2. The molecule has 1 atom stereocenters. The van der Waals surface area contributed by atoms with E-state index in [0.717, 1.165) is 25.4 Å². The highest BCUT2D eigenvalue weighted by molar-refractivity contribution is 9.10. The number of hydrogen-bond donors (Lipinski definition) is 1. The largest absolute Gasteiger partial charge is 0.464 e. The maximum absolute atomic E-state index is 12.3. The Morgan fingerprint density at radius 2 is 2.00 bits per heavy atom. The molecule has 1 aromatic heterocycles. The lowest BCUT2D eigenvalue weighted by molar-refractivity contribution is -0.144. The van der Waals surface area contributed by atoms with Gasteiger partial charge >= 0.3 is 5.97 Å². The molecule has 1 N–H and O–H groups in total. The molecule has 124 valence electrons. The van der Waals surface area contributed by atoms with Crippen molar-refractivity contribution in [1.29, 1.82) is 0 Å². The molecule has 0 aliphatic heterocycles. The Balaban J connectivity index is 1.81. The number of nitrogens with zero attached hydrogens (tertiary/aromatic N) is 1. The molecule has 0 unspecified atom stereocenters. The minimum absolute atomic E-state index is 0.264. The smallest absolute Gasteiger partial charge is 0.328 e. The summed E-state index contributed by atoms with van der Waals surface area (Å²) in [6.45, 7) is 2.17. The summed E-state index contributed by atoms with van der Waals surface area (Å²) in [7, 11) is 0. The van der Waals surface area contributed by atoms with Crippen LogP contribution in [0.25, 0.3) is 10.2 Å². The van der Waals surface area contributed by atoms with Crippen molar-refractivity contribution in [3.63, 3.8) is 0 Å². The average Bonchev–Trinajstić information content (AvgIpc) is 2.99.